The molecular formula is C25H29F2N3O3S. The molecule has 0 aromatic heterocycles. The lowest BCUT2D eigenvalue weighted by Gasteiger charge is -2.27. The molecule has 34 heavy (non-hydrogen) atoms. The zero-order valence-corrected chi connectivity index (χ0v) is 19.9. The van der Waals surface area contributed by atoms with Gasteiger partial charge < -0.3 is 4.90 Å². The molecule has 2 fully saturated rings. The number of carbonyl (C=O) groups is 1. The predicted molar refractivity (Wildman–Crippen MR) is 125 cm³/mol. The quantitative estimate of drug-likeness (QED) is 0.595. The van der Waals surface area contributed by atoms with Gasteiger partial charge in [-0.3, -0.25) is 9.69 Å². The van der Waals surface area contributed by atoms with Crippen LogP contribution in [0.2, 0.25) is 0 Å². The summed E-state index contributed by atoms with van der Waals surface area (Å²) in [5, 5.41) is 0. The molecule has 9 heteroatoms. The lowest BCUT2D eigenvalue weighted by molar-refractivity contribution is -0.120. The van der Waals surface area contributed by atoms with E-state index in [2.05, 4.69) is 0 Å². The minimum absolute atomic E-state index is 0.0974. The van der Waals surface area contributed by atoms with Crippen molar-refractivity contribution in [3.05, 3.63) is 59.2 Å². The number of sulfonamides is 1. The number of nitrogens with zero attached hydrogens (tertiary/aromatic N) is 3. The average molecular weight is 490 g/mol. The third kappa shape index (κ3) is 4.74. The van der Waals surface area contributed by atoms with Crippen LogP contribution < -0.4 is 4.90 Å². The molecule has 5 rings (SSSR count). The molecule has 0 bridgehead atoms. The normalized spacial score (nSPS) is 19.0. The van der Waals surface area contributed by atoms with Gasteiger partial charge in [0.05, 0.1) is 11.4 Å². The minimum atomic E-state index is -3.53. The number of fused-ring (bicyclic) bond motifs is 1. The third-order valence-electron chi connectivity index (χ3n) is 6.99. The lowest BCUT2D eigenvalue weighted by Crippen LogP contribution is -2.40. The van der Waals surface area contributed by atoms with Gasteiger partial charge in [-0.15, -0.1) is 0 Å². The Hall–Kier alpha value is -2.36. The summed E-state index contributed by atoms with van der Waals surface area (Å²) in [5.74, 6) is -1.32. The molecule has 1 saturated heterocycles. The van der Waals surface area contributed by atoms with E-state index >= 15 is 0 Å². The molecule has 0 unspecified atom stereocenters. The van der Waals surface area contributed by atoms with Gasteiger partial charge >= 0.3 is 0 Å². The summed E-state index contributed by atoms with van der Waals surface area (Å²) >= 11 is 0. The summed E-state index contributed by atoms with van der Waals surface area (Å²) in [5.41, 5.74) is 1.97. The number of piperidine rings is 1. The summed E-state index contributed by atoms with van der Waals surface area (Å²) < 4.78 is 55.1. The molecule has 3 aliphatic rings. The molecule has 2 heterocycles. The van der Waals surface area contributed by atoms with E-state index in [1.807, 2.05) is 4.90 Å². The molecule has 2 aromatic rings. The Morgan fingerprint density at radius 2 is 1.76 bits per heavy atom. The summed E-state index contributed by atoms with van der Waals surface area (Å²) in [6, 6.07) is 8.79. The van der Waals surface area contributed by atoms with Gasteiger partial charge in [-0.2, -0.15) is 4.31 Å². The Labute approximate surface area is 199 Å². The monoisotopic (exact) mass is 489 g/mol. The molecule has 1 saturated carbocycles. The van der Waals surface area contributed by atoms with Crippen molar-refractivity contribution in [2.24, 2.45) is 0 Å². The Kier molecular flexibility index (Phi) is 6.43. The van der Waals surface area contributed by atoms with Gasteiger partial charge in [-0.25, -0.2) is 17.2 Å². The van der Waals surface area contributed by atoms with Crippen LogP contribution in [0.1, 0.15) is 43.2 Å². The summed E-state index contributed by atoms with van der Waals surface area (Å²) in [4.78, 5) is 17.1. The fraction of sp³-hybridized carbons (Fsp3) is 0.480. The number of halogens is 2. The summed E-state index contributed by atoms with van der Waals surface area (Å²) in [6.45, 7) is 1.97. The number of rotatable bonds is 7. The van der Waals surface area contributed by atoms with Crippen LogP contribution in [0.15, 0.2) is 41.3 Å². The van der Waals surface area contributed by atoms with Gasteiger partial charge in [-0.05, 0) is 61.9 Å². The zero-order chi connectivity index (χ0) is 23.9. The third-order valence-corrected chi connectivity index (χ3v) is 8.89. The first-order valence-electron chi connectivity index (χ1n) is 11.9. The SMILES string of the molecule is O=C(CN(Cc1ccc(F)cc1F)C1CC1)N1CCc2cc(S(=O)(=O)N3CCCCC3)ccc21. The van der Waals surface area contributed by atoms with Crippen molar-refractivity contribution in [3.63, 3.8) is 0 Å². The van der Waals surface area contributed by atoms with Crippen LogP contribution in [-0.2, 0) is 27.8 Å². The molecule has 0 radical (unpaired) electrons. The van der Waals surface area contributed by atoms with E-state index in [1.54, 1.807) is 27.4 Å². The maximum Gasteiger partial charge on any atom is 0.243 e. The first-order chi connectivity index (χ1) is 16.3. The molecule has 182 valence electrons. The molecule has 2 aromatic carbocycles. The number of hydrogen-bond donors (Lipinski definition) is 0. The van der Waals surface area contributed by atoms with Crippen LogP contribution in [0.3, 0.4) is 0 Å². The maximum absolute atomic E-state index is 14.2. The van der Waals surface area contributed by atoms with Crippen molar-refractivity contribution >= 4 is 21.6 Å². The van der Waals surface area contributed by atoms with Crippen LogP contribution in [0.25, 0.3) is 0 Å². The standard InChI is InChI=1S/C25H29F2N3O3S/c26-20-5-4-19(23(27)15-20)16-28(21-6-7-21)17-25(31)30-13-10-18-14-22(8-9-24(18)30)34(32,33)29-11-2-1-3-12-29/h4-5,8-9,14-15,21H,1-3,6-7,10-13,16-17H2. The van der Waals surface area contributed by atoms with Gasteiger partial charge in [0.2, 0.25) is 15.9 Å². The lowest BCUT2D eigenvalue weighted by atomic mass is 10.2. The van der Waals surface area contributed by atoms with Crippen molar-refractivity contribution in [2.45, 2.75) is 56.0 Å². The molecule has 0 spiro atoms. The number of carbonyl (C=O) groups excluding carboxylic acids is 1. The van der Waals surface area contributed by atoms with Crippen LogP contribution in [0.5, 0.6) is 0 Å². The average Bonchev–Trinajstić information content (AvgIpc) is 3.59. The van der Waals surface area contributed by atoms with E-state index in [-0.39, 0.29) is 29.9 Å². The highest BCUT2D eigenvalue weighted by Gasteiger charge is 2.34. The van der Waals surface area contributed by atoms with Gasteiger partial charge in [0.25, 0.3) is 0 Å². The number of hydrogen-bond acceptors (Lipinski definition) is 4. The predicted octanol–water partition coefficient (Wildman–Crippen LogP) is 3.69. The number of benzene rings is 2. The highest BCUT2D eigenvalue weighted by Crippen LogP contribution is 2.33. The first kappa shape index (κ1) is 23.4. The van der Waals surface area contributed by atoms with E-state index in [0.29, 0.717) is 31.6 Å². The Balaban J connectivity index is 1.30. The topological polar surface area (TPSA) is 60.9 Å². The fourth-order valence-electron chi connectivity index (χ4n) is 4.93. The van der Waals surface area contributed by atoms with E-state index in [0.717, 1.165) is 49.4 Å². The van der Waals surface area contributed by atoms with Crippen molar-refractivity contribution < 1.29 is 22.0 Å². The maximum atomic E-state index is 14.2. The highest BCUT2D eigenvalue weighted by molar-refractivity contribution is 7.89. The zero-order valence-electron chi connectivity index (χ0n) is 19.1. The fourth-order valence-corrected chi connectivity index (χ4v) is 6.50. The molecular weight excluding hydrogens is 460 g/mol. The Morgan fingerprint density at radius 3 is 2.47 bits per heavy atom. The minimum Gasteiger partial charge on any atom is -0.311 e. The van der Waals surface area contributed by atoms with E-state index in [9.17, 15) is 22.0 Å². The summed E-state index contributed by atoms with van der Waals surface area (Å²) in [7, 11) is -3.53. The van der Waals surface area contributed by atoms with Crippen LogP contribution >= 0.6 is 0 Å². The largest absolute Gasteiger partial charge is 0.311 e. The highest BCUT2D eigenvalue weighted by atomic mass is 32.2. The molecule has 0 N–H and O–H groups in total. The van der Waals surface area contributed by atoms with E-state index in [1.165, 1.54) is 12.1 Å². The van der Waals surface area contributed by atoms with E-state index < -0.39 is 21.7 Å². The van der Waals surface area contributed by atoms with Crippen LogP contribution in [-0.4, -0.2) is 55.8 Å². The molecule has 1 aliphatic carbocycles. The number of amides is 1. The molecule has 6 nitrogen and oxygen atoms in total. The second-order valence-electron chi connectivity index (χ2n) is 9.42. The van der Waals surface area contributed by atoms with Crippen molar-refractivity contribution in [1.82, 2.24) is 9.21 Å². The number of anilines is 1. The van der Waals surface area contributed by atoms with Crippen molar-refractivity contribution in [2.75, 3.05) is 31.1 Å². The second-order valence-corrected chi connectivity index (χ2v) is 11.4. The van der Waals surface area contributed by atoms with Crippen LogP contribution in [0.4, 0.5) is 14.5 Å². The Bertz CT molecular complexity index is 1190. The molecule has 2 aliphatic heterocycles. The van der Waals surface area contributed by atoms with Crippen LogP contribution in [0, 0.1) is 11.6 Å². The summed E-state index contributed by atoms with van der Waals surface area (Å²) in [6.07, 6.45) is 5.31. The molecule has 1 amide bonds. The van der Waals surface area contributed by atoms with Gasteiger partial charge in [0.15, 0.2) is 0 Å². The van der Waals surface area contributed by atoms with Gasteiger partial charge in [-0.1, -0.05) is 12.5 Å². The van der Waals surface area contributed by atoms with Crippen molar-refractivity contribution in [3.8, 4) is 0 Å². The smallest absolute Gasteiger partial charge is 0.243 e. The van der Waals surface area contributed by atoms with Crippen molar-refractivity contribution in [1.29, 1.82) is 0 Å². The van der Waals surface area contributed by atoms with Gasteiger partial charge in [0, 0.05) is 49.5 Å². The molecule has 0 atom stereocenters. The van der Waals surface area contributed by atoms with E-state index in [4.69, 9.17) is 0 Å². The Morgan fingerprint density at radius 1 is 1.00 bits per heavy atom. The van der Waals surface area contributed by atoms with Gasteiger partial charge in [0.1, 0.15) is 11.6 Å². The first-order valence-corrected chi connectivity index (χ1v) is 13.4. The second kappa shape index (κ2) is 9.36.